The first-order valence-corrected chi connectivity index (χ1v) is 24.3. The molecule has 270 valence electrons. The van der Waals surface area contributed by atoms with Crippen molar-refractivity contribution in [2.75, 3.05) is 0 Å². The maximum Gasteiger partial charge on any atom is 0.347 e. The van der Waals surface area contributed by atoms with E-state index in [0.717, 1.165) is 62.2 Å². The summed E-state index contributed by atoms with van der Waals surface area (Å²) in [7, 11) is -4.53. The van der Waals surface area contributed by atoms with Crippen molar-refractivity contribution < 1.29 is 28.3 Å². The van der Waals surface area contributed by atoms with Crippen LogP contribution in [-0.4, -0.2) is 57.4 Å². The molecule has 3 aliphatic rings. The predicted molar refractivity (Wildman–Crippen MR) is 198 cm³/mol. The second-order valence-electron chi connectivity index (χ2n) is 17.5. The van der Waals surface area contributed by atoms with Gasteiger partial charge in [0, 0.05) is 5.92 Å². The highest BCUT2D eigenvalue weighted by molar-refractivity contribution is 6.74. The van der Waals surface area contributed by atoms with Crippen molar-refractivity contribution in [3.05, 3.63) is 23.8 Å². The minimum atomic E-state index is -2.29. The summed E-state index contributed by atoms with van der Waals surface area (Å²) in [5.74, 6) is -1.82. The number of ether oxygens (including phenoxy) is 1. The molecule has 1 saturated heterocycles. The molecule has 1 N–H and O–H groups in total. The Kier molecular flexibility index (Phi) is 12.9. The molecular formula is C39H70O6Si2. The maximum atomic E-state index is 14.9. The van der Waals surface area contributed by atoms with Crippen molar-refractivity contribution >= 4 is 28.4 Å². The average molecular weight is 691 g/mol. The molecule has 6 nitrogen and oxygen atoms in total. The van der Waals surface area contributed by atoms with Gasteiger partial charge < -0.3 is 18.7 Å². The largest absolute Gasteiger partial charge is 0.459 e. The SMILES string of the molecule is C=CCC[C@@H]1OC(=O)[C@@]2(O)C(=O)C3C[C@H](O[Si](C)(C)C(C)(C)C)C(C)=C([C@H](O[Si](CCCC)(CCCC)CCCC)C[C@]12C)C3(C)C. The van der Waals surface area contributed by atoms with E-state index in [4.69, 9.17) is 13.6 Å². The van der Waals surface area contributed by atoms with E-state index in [9.17, 15) is 14.7 Å². The van der Waals surface area contributed by atoms with Crippen LogP contribution in [0.5, 0.6) is 0 Å². The van der Waals surface area contributed by atoms with Crippen LogP contribution in [0.25, 0.3) is 0 Å². The molecule has 2 bridgehead atoms. The van der Waals surface area contributed by atoms with Gasteiger partial charge in [-0.05, 0) is 85.4 Å². The first-order chi connectivity index (χ1) is 21.7. The lowest BCUT2D eigenvalue weighted by Gasteiger charge is -2.55. The minimum Gasteiger partial charge on any atom is -0.459 e. The van der Waals surface area contributed by atoms with Gasteiger partial charge in [0.15, 0.2) is 22.4 Å². The highest BCUT2D eigenvalue weighted by Gasteiger charge is 2.72. The summed E-state index contributed by atoms with van der Waals surface area (Å²) in [6.45, 7) is 30.3. The fraction of sp³-hybridized carbons (Fsp3) is 0.846. The van der Waals surface area contributed by atoms with Crippen molar-refractivity contribution in [1.82, 2.24) is 0 Å². The number of aliphatic hydroxyl groups is 1. The quantitative estimate of drug-likeness (QED) is 0.0751. The Morgan fingerprint density at radius 1 is 0.957 bits per heavy atom. The molecule has 0 aromatic rings. The summed E-state index contributed by atoms with van der Waals surface area (Å²) in [5.41, 5.74) is -1.67. The second-order valence-corrected chi connectivity index (χ2v) is 26.4. The van der Waals surface area contributed by atoms with Crippen LogP contribution in [0, 0.1) is 16.7 Å². The molecule has 2 aliphatic carbocycles. The average Bonchev–Trinajstić information content (AvgIpc) is 3.17. The van der Waals surface area contributed by atoms with Gasteiger partial charge in [0.1, 0.15) is 6.10 Å². The number of allylic oxidation sites excluding steroid dienone is 1. The van der Waals surface area contributed by atoms with Crippen molar-refractivity contribution in [3.63, 3.8) is 0 Å². The monoisotopic (exact) mass is 690 g/mol. The highest BCUT2D eigenvalue weighted by Crippen LogP contribution is 2.60. The summed E-state index contributed by atoms with van der Waals surface area (Å²) in [4.78, 5) is 28.8. The molecule has 2 fully saturated rings. The van der Waals surface area contributed by atoms with Gasteiger partial charge >= 0.3 is 5.97 Å². The Morgan fingerprint density at radius 3 is 1.96 bits per heavy atom. The van der Waals surface area contributed by atoms with Gasteiger partial charge in [-0.2, -0.15) is 0 Å². The Bertz CT molecular complexity index is 1150. The van der Waals surface area contributed by atoms with E-state index < -0.39 is 56.8 Å². The van der Waals surface area contributed by atoms with Gasteiger partial charge in [-0.1, -0.05) is 107 Å². The highest BCUT2D eigenvalue weighted by atomic mass is 28.4. The third-order valence-electron chi connectivity index (χ3n) is 12.8. The van der Waals surface area contributed by atoms with E-state index in [1.807, 2.05) is 13.0 Å². The number of hydrogen-bond donors (Lipinski definition) is 1. The van der Waals surface area contributed by atoms with Crippen molar-refractivity contribution in [3.8, 4) is 0 Å². The summed E-state index contributed by atoms with van der Waals surface area (Å²) >= 11 is 0. The van der Waals surface area contributed by atoms with Crippen LogP contribution in [0.1, 0.15) is 133 Å². The maximum absolute atomic E-state index is 14.9. The summed E-state index contributed by atoms with van der Waals surface area (Å²) in [6, 6.07) is 3.32. The number of rotatable bonds is 16. The molecular weight excluding hydrogens is 621 g/mol. The lowest BCUT2D eigenvalue weighted by atomic mass is 9.52. The molecule has 1 heterocycles. The molecule has 0 aromatic carbocycles. The Balaban J connectivity index is 2.36. The van der Waals surface area contributed by atoms with Crippen LogP contribution in [0.3, 0.4) is 0 Å². The Hall–Kier alpha value is -1.07. The van der Waals surface area contributed by atoms with E-state index in [-0.39, 0.29) is 17.2 Å². The molecule has 47 heavy (non-hydrogen) atoms. The zero-order valence-electron chi connectivity index (χ0n) is 32.3. The number of hydrogen-bond acceptors (Lipinski definition) is 6. The molecule has 3 rings (SSSR count). The van der Waals surface area contributed by atoms with Gasteiger partial charge in [0.2, 0.25) is 5.60 Å². The van der Waals surface area contributed by atoms with Crippen molar-refractivity contribution in [1.29, 1.82) is 0 Å². The number of cyclic esters (lactones) is 1. The van der Waals surface area contributed by atoms with Crippen molar-refractivity contribution in [2.24, 2.45) is 16.7 Å². The fourth-order valence-corrected chi connectivity index (χ4v) is 14.9. The third-order valence-corrected chi connectivity index (χ3v) is 21.9. The molecule has 1 saturated carbocycles. The van der Waals surface area contributed by atoms with E-state index in [1.165, 1.54) is 5.57 Å². The molecule has 0 radical (unpaired) electrons. The number of carbonyl (C=O) groups is 2. The zero-order valence-corrected chi connectivity index (χ0v) is 34.3. The third kappa shape index (κ3) is 7.52. The van der Waals surface area contributed by atoms with Crippen molar-refractivity contribution in [2.45, 2.75) is 194 Å². The molecule has 0 aromatic heterocycles. The zero-order chi connectivity index (χ0) is 35.6. The first kappa shape index (κ1) is 40.4. The molecule has 8 heteroatoms. The number of carbonyl (C=O) groups excluding carboxylic acids is 2. The van der Waals surface area contributed by atoms with Crippen LogP contribution in [0.4, 0.5) is 0 Å². The van der Waals surface area contributed by atoms with Crippen LogP contribution in [-0.2, 0) is 23.2 Å². The predicted octanol–water partition coefficient (Wildman–Crippen LogP) is 10.1. The van der Waals surface area contributed by atoms with Gasteiger partial charge in [0.25, 0.3) is 0 Å². The minimum absolute atomic E-state index is 0.0141. The van der Waals surface area contributed by atoms with Crippen LogP contribution in [0.15, 0.2) is 23.8 Å². The summed E-state index contributed by atoms with van der Waals surface area (Å²) in [6.07, 6.45) is 9.30. The Labute approximate surface area is 290 Å². The van der Waals surface area contributed by atoms with E-state index in [0.29, 0.717) is 25.7 Å². The fourth-order valence-electron chi connectivity index (χ4n) is 8.64. The number of Topliss-reactive ketones (excluding diaryl/α,β-unsaturated/α-hetero) is 1. The van der Waals surface area contributed by atoms with E-state index in [2.05, 4.69) is 82.0 Å². The normalized spacial score (nSPS) is 31.3. The standard InChI is InChI=1S/C39H70O6Si2/c1-14-18-22-32-38(11)27-31(45-47(23-19-15-2,24-20-16-3)25-21-17-4)33-28(5)30(44-46(12,13)36(6,7)8)26-29(37(33,9)10)34(40)39(38,42)35(41)43-32/h14,29-32,42H,1,15-27H2,2-13H3/t29?,30-,31+,32-,38+,39-/m0/s1. The molecule has 6 atom stereocenters. The van der Waals surface area contributed by atoms with Crippen LogP contribution in [0.2, 0.25) is 36.3 Å². The van der Waals surface area contributed by atoms with Gasteiger partial charge in [0.05, 0.1) is 17.6 Å². The van der Waals surface area contributed by atoms with E-state index >= 15 is 0 Å². The summed E-state index contributed by atoms with van der Waals surface area (Å²) in [5, 5.41) is 12.6. The molecule has 0 amide bonds. The van der Waals surface area contributed by atoms with Gasteiger partial charge in [-0.3, -0.25) is 4.79 Å². The Morgan fingerprint density at radius 2 is 1.49 bits per heavy atom. The lowest BCUT2D eigenvalue weighted by molar-refractivity contribution is -0.172. The smallest absolute Gasteiger partial charge is 0.347 e. The second kappa shape index (κ2) is 15.0. The number of ketones is 1. The lowest BCUT2D eigenvalue weighted by Crippen LogP contribution is -2.65. The number of unbranched alkanes of at least 4 members (excludes halogenated alkanes) is 3. The molecule has 1 unspecified atom stereocenters. The van der Waals surface area contributed by atoms with E-state index in [1.54, 1.807) is 0 Å². The van der Waals surface area contributed by atoms with Crippen LogP contribution >= 0.6 is 0 Å². The molecule has 0 spiro atoms. The topological polar surface area (TPSA) is 82.1 Å². The van der Waals surface area contributed by atoms with Crippen LogP contribution < -0.4 is 0 Å². The summed E-state index contributed by atoms with van der Waals surface area (Å²) < 4.78 is 21.0. The van der Waals surface area contributed by atoms with Gasteiger partial charge in [-0.15, -0.1) is 6.58 Å². The number of esters is 1. The first-order valence-electron chi connectivity index (χ1n) is 18.9. The van der Waals surface area contributed by atoms with Gasteiger partial charge in [-0.25, -0.2) is 4.79 Å². The number of fused-ring (bicyclic) bond motifs is 3. The molecule has 1 aliphatic heterocycles.